The molecule has 2 aromatic heterocycles. The molecule has 6 nitrogen and oxygen atoms in total. The van der Waals surface area contributed by atoms with E-state index >= 15 is 0 Å². The number of likely N-dealkylation sites (tertiary alicyclic amines) is 1. The third kappa shape index (κ3) is 3.17. The zero-order chi connectivity index (χ0) is 17.2. The summed E-state index contributed by atoms with van der Waals surface area (Å²) in [6.45, 7) is 1.38. The van der Waals surface area contributed by atoms with E-state index in [2.05, 4.69) is 19.7 Å². The molecule has 25 heavy (non-hydrogen) atoms. The number of amides is 1. The largest absolute Gasteiger partial charge is 0.335 e. The maximum Gasteiger partial charge on any atom is 0.271 e. The van der Waals surface area contributed by atoms with Gasteiger partial charge in [0.2, 0.25) is 0 Å². The molecule has 1 atom stereocenters. The Bertz CT molecular complexity index is 856. The molecule has 0 spiro atoms. The summed E-state index contributed by atoms with van der Waals surface area (Å²) in [4.78, 5) is 18.7. The zero-order valence-corrected chi connectivity index (χ0v) is 13.6. The Balaban J connectivity index is 1.50. The summed E-state index contributed by atoms with van der Waals surface area (Å²) in [5, 5.41) is 7.00. The van der Waals surface area contributed by atoms with Crippen molar-refractivity contribution in [2.24, 2.45) is 0 Å². The maximum absolute atomic E-state index is 13.0. The van der Waals surface area contributed by atoms with E-state index in [-0.39, 0.29) is 17.8 Å². The fraction of sp³-hybridized carbons (Fsp3) is 0.278. The monoisotopic (exact) mass is 339 g/mol. The summed E-state index contributed by atoms with van der Waals surface area (Å²) < 4.78 is 15.1. The van der Waals surface area contributed by atoms with E-state index in [4.69, 9.17) is 0 Å². The molecule has 128 valence electrons. The molecule has 1 N–H and O–H groups in total. The molecule has 4 rings (SSSR count). The Morgan fingerprint density at radius 1 is 1.28 bits per heavy atom. The lowest BCUT2D eigenvalue weighted by molar-refractivity contribution is 0.0673. The van der Waals surface area contributed by atoms with E-state index in [9.17, 15) is 9.18 Å². The number of hydrogen-bond donors (Lipinski definition) is 1. The van der Waals surface area contributed by atoms with Crippen molar-refractivity contribution in [1.29, 1.82) is 0 Å². The minimum atomic E-state index is -0.297. The van der Waals surface area contributed by atoms with Gasteiger partial charge in [-0.15, -0.1) is 0 Å². The second-order valence-electron chi connectivity index (χ2n) is 6.23. The van der Waals surface area contributed by atoms with E-state index < -0.39 is 0 Å². The van der Waals surface area contributed by atoms with Gasteiger partial charge in [0, 0.05) is 31.0 Å². The van der Waals surface area contributed by atoms with Gasteiger partial charge in [0.25, 0.3) is 5.91 Å². The van der Waals surface area contributed by atoms with Gasteiger partial charge in [-0.25, -0.2) is 9.37 Å². The molecule has 0 saturated carbocycles. The number of hydrogen-bond acceptors (Lipinski definition) is 3. The van der Waals surface area contributed by atoms with E-state index in [0.717, 1.165) is 24.9 Å². The van der Waals surface area contributed by atoms with Gasteiger partial charge in [-0.2, -0.15) is 5.10 Å². The SMILES string of the molecule is O=C(c1cc(-c2ccc(F)cc2)n[nH]1)N1CCCC(n2ccnc2)C1. The lowest BCUT2D eigenvalue weighted by Gasteiger charge is -2.33. The van der Waals surface area contributed by atoms with Crippen LogP contribution in [0, 0.1) is 5.82 Å². The predicted molar refractivity (Wildman–Crippen MR) is 90.4 cm³/mol. The average molecular weight is 339 g/mol. The van der Waals surface area contributed by atoms with E-state index in [1.807, 2.05) is 11.1 Å². The minimum Gasteiger partial charge on any atom is -0.335 e. The molecule has 1 amide bonds. The summed E-state index contributed by atoms with van der Waals surface area (Å²) >= 11 is 0. The van der Waals surface area contributed by atoms with Crippen molar-refractivity contribution in [2.45, 2.75) is 18.9 Å². The molecule has 0 bridgehead atoms. The molecule has 7 heteroatoms. The van der Waals surface area contributed by atoms with Gasteiger partial charge in [-0.1, -0.05) is 0 Å². The normalized spacial score (nSPS) is 17.6. The van der Waals surface area contributed by atoms with Crippen LogP contribution in [0.15, 0.2) is 49.1 Å². The van der Waals surface area contributed by atoms with E-state index in [1.54, 1.807) is 30.7 Å². The fourth-order valence-electron chi connectivity index (χ4n) is 3.24. The van der Waals surface area contributed by atoms with Gasteiger partial charge >= 0.3 is 0 Å². The third-order valence-corrected chi connectivity index (χ3v) is 4.58. The van der Waals surface area contributed by atoms with Gasteiger partial charge < -0.3 is 9.47 Å². The zero-order valence-electron chi connectivity index (χ0n) is 13.6. The van der Waals surface area contributed by atoms with Crippen LogP contribution in [0.4, 0.5) is 4.39 Å². The van der Waals surface area contributed by atoms with Crippen molar-refractivity contribution < 1.29 is 9.18 Å². The van der Waals surface area contributed by atoms with Crippen molar-refractivity contribution in [3.63, 3.8) is 0 Å². The number of H-pyrrole nitrogens is 1. The number of nitrogens with one attached hydrogen (secondary N) is 1. The van der Waals surface area contributed by atoms with Crippen LogP contribution in [0.3, 0.4) is 0 Å². The van der Waals surface area contributed by atoms with Crippen LogP contribution in [0.25, 0.3) is 11.3 Å². The standard InChI is InChI=1S/C18H18FN5O/c19-14-5-3-13(4-6-14)16-10-17(22-21-16)18(25)23-8-1-2-15(11-23)24-9-7-20-12-24/h3-7,9-10,12,15H,1-2,8,11H2,(H,21,22). The quantitative estimate of drug-likeness (QED) is 0.798. The summed E-state index contributed by atoms with van der Waals surface area (Å²) in [7, 11) is 0. The summed E-state index contributed by atoms with van der Waals surface area (Å²) in [5.74, 6) is -0.361. The number of halogens is 1. The average Bonchev–Trinajstić information content (AvgIpc) is 3.34. The van der Waals surface area contributed by atoms with Crippen molar-refractivity contribution >= 4 is 5.91 Å². The molecular weight excluding hydrogens is 321 g/mol. The number of rotatable bonds is 3. The first kappa shape index (κ1) is 15.6. The molecule has 1 aromatic carbocycles. The van der Waals surface area contributed by atoms with Gasteiger partial charge in [0.1, 0.15) is 11.5 Å². The molecule has 0 radical (unpaired) electrons. The number of nitrogens with zero attached hydrogens (tertiary/aromatic N) is 4. The van der Waals surface area contributed by atoms with Crippen LogP contribution >= 0.6 is 0 Å². The van der Waals surface area contributed by atoms with Gasteiger partial charge in [-0.05, 0) is 43.2 Å². The molecule has 0 aliphatic carbocycles. The smallest absolute Gasteiger partial charge is 0.271 e. The highest BCUT2D eigenvalue weighted by molar-refractivity contribution is 5.93. The Hall–Kier alpha value is -2.96. The highest BCUT2D eigenvalue weighted by Gasteiger charge is 2.26. The molecule has 1 saturated heterocycles. The van der Waals surface area contributed by atoms with Crippen molar-refractivity contribution in [2.75, 3.05) is 13.1 Å². The Kier molecular flexibility index (Phi) is 4.05. The molecule has 1 fully saturated rings. The lowest BCUT2D eigenvalue weighted by atomic mass is 10.0. The predicted octanol–water partition coefficient (Wildman–Crippen LogP) is 2.89. The van der Waals surface area contributed by atoms with Crippen molar-refractivity contribution in [3.8, 4) is 11.3 Å². The molecule has 1 aliphatic heterocycles. The molecule has 3 aromatic rings. The van der Waals surface area contributed by atoms with Crippen LogP contribution in [-0.2, 0) is 0 Å². The lowest BCUT2D eigenvalue weighted by Crippen LogP contribution is -2.40. The number of aromatic nitrogens is 4. The van der Waals surface area contributed by atoms with Crippen molar-refractivity contribution in [3.05, 3.63) is 60.6 Å². The Morgan fingerprint density at radius 3 is 2.88 bits per heavy atom. The summed E-state index contributed by atoms with van der Waals surface area (Å²) in [6.07, 6.45) is 7.46. The topological polar surface area (TPSA) is 66.8 Å². The van der Waals surface area contributed by atoms with Crippen LogP contribution in [-0.4, -0.2) is 43.6 Å². The maximum atomic E-state index is 13.0. The van der Waals surface area contributed by atoms with Crippen LogP contribution in [0.5, 0.6) is 0 Å². The van der Waals surface area contributed by atoms with Crippen LogP contribution in [0.2, 0.25) is 0 Å². The number of imidazole rings is 1. The highest BCUT2D eigenvalue weighted by Crippen LogP contribution is 2.24. The first-order chi connectivity index (χ1) is 12.2. The molecule has 3 heterocycles. The number of aromatic amines is 1. The number of carbonyl (C=O) groups is 1. The molecule has 1 aliphatic rings. The first-order valence-corrected chi connectivity index (χ1v) is 8.29. The number of benzene rings is 1. The second-order valence-corrected chi connectivity index (χ2v) is 6.23. The Morgan fingerprint density at radius 2 is 2.12 bits per heavy atom. The summed E-state index contributed by atoms with van der Waals surface area (Å²) in [6, 6.07) is 8.03. The second kappa shape index (κ2) is 6.51. The van der Waals surface area contributed by atoms with E-state index in [1.165, 1.54) is 12.1 Å². The van der Waals surface area contributed by atoms with Gasteiger partial charge in [-0.3, -0.25) is 9.89 Å². The molecular formula is C18H18FN5O. The minimum absolute atomic E-state index is 0.0642. The van der Waals surface area contributed by atoms with Crippen molar-refractivity contribution in [1.82, 2.24) is 24.6 Å². The molecule has 1 unspecified atom stereocenters. The third-order valence-electron chi connectivity index (χ3n) is 4.58. The first-order valence-electron chi connectivity index (χ1n) is 8.29. The fourth-order valence-corrected chi connectivity index (χ4v) is 3.24. The number of piperidine rings is 1. The van der Waals surface area contributed by atoms with Crippen LogP contribution in [0.1, 0.15) is 29.4 Å². The number of carbonyl (C=O) groups excluding carboxylic acids is 1. The van der Waals surface area contributed by atoms with Crippen LogP contribution < -0.4 is 0 Å². The van der Waals surface area contributed by atoms with Gasteiger partial charge in [0.15, 0.2) is 0 Å². The van der Waals surface area contributed by atoms with E-state index in [0.29, 0.717) is 17.9 Å². The highest BCUT2D eigenvalue weighted by atomic mass is 19.1. The summed E-state index contributed by atoms with van der Waals surface area (Å²) in [5.41, 5.74) is 1.85. The Labute approximate surface area is 144 Å². The van der Waals surface area contributed by atoms with Gasteiger partial charge in [0.05, 0.1) is 18.1 Å².